The molecule has 1 fully saturated rings. The fourth-order valence-electron chi connectivity index (χ4n) is 2.91. The first-order valence-electron chi connectivity index (χ1n) is 7.26. The van der Waals surface area contributed by atoms with E-state index in [1.54, 1.807) is 12.1 Å². The van der Waals surface area contributed by atoms with Crippen LogP contribution in [-0.4, -0.2) is 10.4 Å². The van der Waals surface area contributed by atoms with E-state index in [4.69, 9.17) is 10.5 Å². The van der Waals surface area contributed by atoms with Crippen LogP contribution in [0.4, 0.5) is 0 Å². The summed E-state index contributed by atoms with van der Waals surface area (Å²) in [6.07, 6.45) is 1.32. The third kappa shape index (κ3) is 2.29. The number of nitriles is 2. The second kappa shape index (κ2) is 5.50. The number of Topliss-reactive ketones (excluding diaryl/α,β-unsaturated/α-hetero) is 1. The van der Waals surface area contributed by atoms with Crippen LogP contribution in [0.2, 0.25) is 0 Å². The van der Waals surface area contributed by atoms with Gasteiger partial charge >= 0.3 is 0 Å². The highest BCUT2D eigenvalue weighted by atomic mass is 16.1. The average Bonchev–Trinajstić information content (AvgIpc) is 2.88. The minimum Gasteiger partial charge on any atom is -0.311 e. The molecule has 4 heteroatoms. The topological polar surface area (TPSA) is 69.6 Å². The highest BCUT2D eigenvalue weighted by molar-refractivity contribution is 5.98. The second-order valence-electron chi connectivity index (χ2n) is 5.71. The Labute approximate surface area is 129 Å². The molecule has 4 nitrogen and oxygen atoms in total. The third-order valence-corrected chi connectivity index (χ3v) is 4.27. The van der Waals surface area contributed by atoms with E-state index in [-0.39, 0.29) is 17.6 Å². The molecule has 22 heavy (non-hydrogen) atoms. The van der Waals surface area contributed by atoms with Crippen molar-refractivity contribution in [2.45, 2.75) is 19.8 Å². The number of nitrogens with zero attached hydrogens (tertiary/aromatic N) is 3. The zero-order valence-electron chi connectivity index (χ0n) is 12.3. The summed E-state index contributed by atoms with van der Waals surface area (Å²) in [6.45, 7) is 1.95. The van der Waals surface area contributed by atoms with E-state index < -0.39 is 0 Å². The fraction of sp³-hybridized carbons (Fsp3) is 0.278. The monoisotopic (exact) mass is 289 g/mol. The van der Waals surface area contributed by atoms with Crippen molar-refractivity contribution < 1.29 is 4.79 Å². The molecule has 1 heterocycles. The second-order valence-corrected chi connectivity index (χ2v) is 5.71. The molecule has 1 aromatic carbocycles. The molecule has 1 aliphatic rings. The maximum Gasteiger partial charge on any atom is 0.182 e. The molecule has 1 aliphatic carbocycles. The van der Waals surface area contributed by atoms with Gasteiger partial charge in [-0.3, -0.25) is 4.79 Å². The molecule has 1 saturated carbocycles. The van der Waals surface area contributed by atoms with Gasteiger partial charge in [0.25, 0.3) is 0 Å². The zero-order chi connectivity index (χ0) is 15.7. The van der Waals surface area contributed by atoms with Crippen LogP contribution < -0.4 is 0 Å². The first-order chi connectivity index (χ1) is 10.6. The van der Waals surface area contributed by atoms with Crippen LogP contribution in [0, 0.1) is 41.4 Å². The van der Waals surface area contributed by atoms with Gasteiger partial charge < -0.3 is 4.57 Å². The molecule has 0 amide bonds. The summed E-state index contributed by atoms with van der Waals surface area (Å²) in [7, 11) is 0. The number of benzene rings is 1. The number of aryl methyl sites for hydroxylation is 1. The van der Waals surface area contributed by atoms with Gasteiger partial charge in [-0.15, -0.1) is 0 Å². The van der Waals surface area contributed by atoms with Crippen molar-refractivity contribution in [1.29, 1.82) is 10.5 Å². The molecule has 0 saturated heterocycles. The van der Waals surface area contributed by atoms with Crippen LogP contribution in [0.1, 0.15) is 34.6 Å². The smallest absolute Gasteiger partial charge is 0.182 e. The lowest BCUT2D eigenvalue weighted by molar-refractivity contribution is 0.0810. The molecule has 0 spiro atoms. The Balaban J connectivity index is 1.93. The van der Waals surface area contributed by atoms with Crippen molar-refractivity contribution >= 4 is 5.78 Å². The summed E-state index contributed by atoms with van der Waals surface area (Å²) in [5.41, 5.74) is 3.10. The van der Waals surface area contributed by atoms with Crippen molar-refractivity contribution in [3.63, 3.8) is 0 Å². The summed E-state index contributed by atoms with van der Waals surface area (Å²) in [5.74, 6) is 0.0772. The van der Waals surface area contributed by atoms with E-state index in [0.717, 1.165) is 11.4 Å². The normalized spacial score (nSPS) is 19.8. The lowest BCUT2D eigenvalue weighted by atomic mass is 9.73. The molecule has 2 aromatic rings. The molecule has 0 atom stereocenters. The van der Waals surface area contributed by atoms with Crippen LogP contribution in [0.5, 0.6) is 0 Å². The van der Waals surface area contributed by atoms with E-state index in [0.29, 0.717) is 24.1 Å². The minimum atomic E-state index is -0.0453. The molecule has 0 unspecified atom stereocenters. The van der Waals surface area contributed by atoms with Gasteiger partial charge in [-0.1, -0.05) is 0 Å². The van der Waals surface area contributed by atoms with Gasteiger partial charge in [0.1, 0.15) is 0 Å². The van der Waals surface area contributed by atoms with Gasteiger partial charge in [-0.2, -0.15) is 10.5 Å². The molecule has 0 aliphatic heterocycles. The average molecular weight is 289 g/mol. The number of carbonyl (C=O) groups is 1. The van der Waals surface area contributed by atoms with Gasteiger partial charge in [-0.05, 0) is 56.2 Å². The van der Waals surface area contributed by atoms with E-state index in [2.05, 4.69) is 12.1 Å². The minimum absolute atomic E-state index is 0.0216. The van der Waals surface area contributed by atoms with Crippen LogP contribution >= 0.6 is 0 Å². The summed E-state index contributed by atoms with van der Waals surface area (Å²) < 4.78 is 1.92. The maximum atomic E-state index is 12.6. The fourth-order valence-corrected chi connectivity index (χ4v) is 2.91. The summed E-state index contributed by atoms with van der Waals surface area (Å²) in [6, 6.07) is 15.3. The summed E-state index contributed by atoms with van der Waals surface area (Å²) in [4.78, 5) is 12.6. The number of hydrogen-bond acceptors (Lipinski definition) is 3. The van der Waals surface area contributed by atoms with Gasteiger partial charge in [0, 0.05) is 23.2 Å². The molecular weight excluding hydrogens is 274 g/mol. The van der Waals surface area contributed by atoms with Crippen LogP contribution in [0.25, 0.3) is 5.69 Å². The maximum absolute atomic E-state index is 12.6. The predicted octanol–water partition coefficient (Wildman–Crippen LogP) is 3.39. The molecule has 3 rings (SSSR count). The third-order valence-electron chi connectivity index (χ3n) is 4.27. The van der Waals surface area contributed by atoms with Gasteiger partial charge in [0.2, 0.25) is 0 Å². The first kappa shape index (κ1) is 14.1. The highest BCUT2D eigenvalue weighted by Gasteiger charge is 2.36. The predicted molar refractivity (Wildman–Crippen MR) is 81.4 cm³/mol. The van der Waals surface area contributed by atoms with E-state index >= 15 is 0 Å². The number of ketones is 1. The molecule has 0 N–H and O–H groups in total. The SMILES string of the molecule is Cc1ccc(C(=O)C2CC(C#N)C2)n1-c1ccc(C#N)cc1. The van der Waals surface area contributed by atoms with Crippen molar-refractivity contribution in [1.82, 2.24) is 4.57 Å². The molecular formula is C18H15N3O. The summed E-state index contributed by atoms with van der Waals surface area (Å²) >= 11 is 0. The van der Waals surface area contributed by atoms with Crippen LogP contribution in [0.15, 0.2) is 36.4 Å². The van der Waals surface area contributed by atoms with Crippen LogP contribution in [-0.2, 0) is 0 Å². The van der Waals surface area contributed by atoms with Gasteiger partial charge in [0.05, 0.1) is 23.4 Å². The van der Waals surface area contributed by atoms with Crippen molar-refractivity contribution in [3.05, 3.63) is 53.3 Å². The lowest BCUT2D eigenvalue weighted by Gasteiger charge is -2.29. The molecule has 0 radical (unpaired) electrons. The Morgan fingerprint density at radius 2 is 1.82 bits per heavy atom. The summed E-state index contributed by atoms with van der Waals surface area (Å²) in [5, 5.41) is 17.7. The highest BCUT2D eigenvalue weighted by Crippen LogP contribution is 2.36. The number of rotatable bonds is 3. The van der Waals surface area contributed by atoms with Crippen molar-refractivity contribution in [2.75, 3.05) is 0 Å². The number of carbonyl (C=O) groups excluding carboxylic acids is 1. The van der Waals surface area contributed by atoms with Crippen LogP contribution in [0.3, 0.4) is 0 Å². The molecule has 108 valence electrons. The molecule has 0 bridgehead atoms. The Kier molecular flexibility index (Phi) is 3.53. The number of aromatic nitrogens is 1. The van der Waals surface area contributed by atoms with Crippen molar-refractivity contribution in [3.8, 4) is 17.8 Å². The van der Waals surface area contributed by atoms with E-state index in [1.165, 1.54) is 0 Å². The standard InChI is InChI=1S/C18H15N3O/c1-12-2-7-17(18(22)15-8-14(9-15)11-20)21(12)16-5-3-13(10-19)4-6-16/h2-7,14-15H,8-9H2,1H3. The Hall–Kier alpha value is -2.85. The quantitative estimate of drug-likeness (QED) is 0.813. The first-order valence-corrected chi connectivity index (χ1v) is 7.26. The largest absolute Gasteiger partial charge is 0.311 e. The van der Waals surface area contributed by atoms with Gasteiger partial charge in [0.15, 0.2) is 5.78 Å². The van der Waals surface area contributed by atoms with E-state index in [1.807, 2.05) is 35.8 Å². The lowest BCUT2D eigenvalue weighted by Crippen LogP contribution is -2.30. The zero-order valence-corrected chi connectivity index (χ0v) is 12.3. The number of hydrogen-bond donors (Lipinski definition) is 0. The Bertz CT molecular complexity index is 796. The Morgan fingerprint density at radius 1 is 1.14 bits per heavy atom. The molecule has 1 aromatic heterocycles. The Morgan fingerprint density at radius 3 is 2.41 bits per heavy atom. The van der Waals surface area contributed by atoms with E-state index in [9.17, 15) is 4.79 Å². The van der Waals surface area contributed by atoms with Crippen molar-refractivity contribution in [2.24, 2.45) is 11.8 Å². The van der Waals surface area contributed by atoms with Gasteiger partial charge in [-0.25, -0.2) is 0 Å².